The molecule has 1 heterocycles. The molecule has 4 heteroatoms. The van der Waals surface area contributed by atoms with Gasteiger partial charge in [-0.2, -0.15) is 0 Å². The van der Waals surface area contributed by atoms with Crippen LogP contribution < -0.4 is 10.6 Å². The van der Waals surface area contributed by atoms with Gasteiger partial charge in [-0.15, -0.1) is 0 Å². The number of guanidine groups is 1. The number of hydrogen-bond acceptors (Lipinski definition) is 2. The molecule has 1 aromatic carbocycles. The summed E-state index contributed by atoms with van der Waals surface area (Å²) in [6, 6.07) is 10.5. The van der Waals surface area contributed by atoms with E-state index in [1.807, 2.05) is 32.0 Å². The highest BCUT2D eigenvalue weighted by Crippen LogP contribution is 2.42. The van der Waals surface area contributed by atoms with Gasteiger partial charge < -0.3 is 5.32 Å². The van der Waals surface area contributed by atoms with Crippen LogP contribution in [0.3, 0.4) is 0 Å². The van der Waals surface area contributed by atoms with E-state index in [0.29, 0.717) is 5.96 Å². The lowest BCUT2D eigenvalue weighted by molar-refractivity contribution is -0.125. The Bertz CT molecular complexity index is 552. The minimum atomic E-state index is -0.521. The first kappa shape index (κ1) is 14.1. The zero-order chi connectivity index (χ0) is 14.9. The average molecular weight is 285 g/mol. The van der Waals surface area contributed by atoms with Gasteiger partial charge in [-0.25, -0.2) is 0 Å². The first-order valence-electron chi connectivity index (χ1n) is 7.84. The van der Waals surface area contributed by atoms with Crippen molar-refractivity contribution in [2.75, 3.05) is 0 Å². The van der Waals surface area contributed by atoms with E-state index in [1.54, 1.807) is 0 Å². The zero-order valence-electron chi connectivity index (χ0n) is 12.7. The third kappa shape index (κ3) is 2.55. The predicted octanol–water partition coefficient (Wildman–Crippen LogP) is 2.57. The molecule has 1 amide bonds. The second-order valence-corrected chi connectivity index (χ2v) is 6.33. The number of carbonyl (C=O) groups is 1. The predicted molar refractivity (Wildman–Crippen MR) is 84.2 cm³/mol. The largest absolute Gasteiger partial charge is 0.341 e. The van der Waals surface area contributed by atoms with Crippen molar-refractivity contribution in [1.82, 2.24) is 10.6 Å². The number of aliphatic imine (C=N–C) groups is 1. The van der Waals surface area contributed by atoms with Crippen molar-refractivity contribution in [3.63, 3.8) is 0 Å². The van der Waals surface area contributed by atoms with Crippen molar-refractivity contribution in [1.29, 1.82) is 0 Å². The highest BCUT2D eigenvalue weighted by atomic mass is 16.2. The average Bonchev–Trinajstić information content (AvgIpc) is 2.76. The van der Waals surface area contributed by atoms with Crippen LogP contribution in [0.1, 0.15) is 51.0 Å². The fourth-order valence-corrected chi connectivity index (χ4v) is 3.57. The standard InChI is InChI=1S/C17H23N3O/c1-12(2)18-16-19-15(21)17(20-16)11-7-6-10-14(17)13-8-4-3-5-9-13/h3-5,8-9,12,14H,6-7,10-11H2,1-2H3,(H2,18,19,20,21). The van der Waals surface area contributed by atoms with Crippen molar-refractivity contribution in [3.05, 3.63) is 35.9 Å². The Morgan fingerprint density at radius 1 is 1.24 bits per heavy atom. The SMILES string of the molecule is CC(C)N=C1NC(=O)C2(CCCCC2c2ccccc2)N1. The molecule has 0 radical (unpaired) electrons. The molecule has 1 aliphatic carbocycles. The molecular weight excluding hydrogens is 262 g/mol. The van der Waals surface area contributed by atoms with Gasteiger partial charge in [0.2, 0.25) is 0 Å². The molecule has 1 spiro atoms. The van der Waals surface area contributed by atoms with E-state index in [2.05, 4.69) is 27.8 Å². The Morgan fingerprint density at radius 3 is 2.71 bits per heavy atom. The van der Waals surface area contributed by atoms with Crippen LogP contribution in [0.4, 0.5) is 0 Å². The van der Waals surface area contributed by atoms with Crippen LogP contribution in [-0.2, 0) is 4.79 Å². The third-order valence-electron chi connectivity index (χ3n) is 4.48. The summed E-state index contributed by atoms with van der Waals surface area (Å²) >= 11 is 0. The van der Waals surface area contributed by atoms with Crippen LogP contribution in [0.2, 0.25) is 0 Å². The summed E-state index contributed by atoms with van der Waals surface area (Å²) in [6.45, 7) is 4.03. The molecule has 4 nitrogen and oxygen atoms in total. The first-order valence-corrected chi connectivity index (χ1v) is 7.84. The van der Waals surface area contributed by atoms with Gasteiger partial charge >= 0.3 is 0 Å². The molecule has 1 aromatic rings. The number of amides is 1. The van der Waals surface area contributed by atoms with Gasteiger partial charge in [-0.05, 0) is 32.3 Å². The minimum absolute atomic E-state index is 0.0791. The molecular formula is C17H23N3O. The molecule has 2 N–H and O–H groups in total. The highest BCUT2D eigenvalue weighted by Gasteiger charge is 2.52. The number of benzene rings is 1. The maximum atomic E-state index is 12.7. The zero-order valence-corrected chi connectivity index (χ0v) is 12.7. The first-order chi connectivity index (χ1) is 10.1. The quantitative estimate of drug-likeness (QED) is 0.877. The van der Waals surface area contributed by atoms with Gasteiger partial charge in [0.05, 0.1) is 0 Å². The van der Waals surface area contributed by atoms with Crippen molar-refractivity contribution < 1.29 is 4.79 Å². The second kappa shape index (κ2) is 5.51. The highest BCUT2D eigenvalue weighted by molar-refractivity contribution is 6.09. The van der Waals surface area contributed by atoms with Crippen LogP contribution in [0, 0.1) is 0 Å². The summed E-state index contributed by atoms with van der Waals surface area (Å²) in [5, 5.41) is 6.37. The fourth-order valence-electron chi connectivity index (χ4n) is 3.57. The van der Waals surface area contributed by atoms with Crippen LogP contribution in [0.25, 0.3) is 0 Å². The maximum absolute atomic E-state index is 12.7. The van der Waals surface area contributed by atoms with Crippen LogP contribution in [-0.4, -0.2) is 23.4 Å². The van der Waals surface area contributed by atoms with E-state index in [4.69, 9.17) is 0 Å². The van der Waals surface area contributed by atoms with E-state index in [9.17, 15) is 4.79 Å². The molecule has 21 heavy (non-hydrogen) atoms. The molecule has 2 fully saturated rings. The van der Waals surface area contributed by atoms with E-state index >= 15 is 0 Å². The Kier molecular flexibility index (Phi) is 3.70. The molecule has 112 valence electrons. The number of nitrogens with zero attached hydrogens (tertiary/aromatic N) is 1. The Hall–Kier alpha value is -1.84. The van der Waals surface area contributed by atoms with E-state index in [-0.39, 0.29) is 17.9 Å². The van der Waals surface area contributed by atoms with Crippen LogP contribution >= 0.6 is 0 Å². The van der Waals surface area contributed by atoms with Crippen LogP contribution in [0.15, 0.2) is 35.3 Å². The van der Waals surface area contributed by atoms with Gasteiger partial charge in [0.25, 0.3) is 5.91 Å². The van der Waals surface area contributed by atoms with E-state index < -0.39 is 5.54 Å². The molecule has 2 atom stereocenters. The number of nitrogens with one attached hydrogen (secondary N) is 2. The lowest BCUT2D eigenvalue weighted by atomic mass is 9.69. The normalized spacial score (nSPS) is 30.7. The summed E-state index contributed by atoms with van der Waals surface area (Å²) in [7, 11) is 0. The smallest absolute Gasteiger partial charge is 0.253 e. The summed E-state index contributed by atoms with van der Waals surface area (Å²) in [5.74, 6) is 0.931. The molecule has 0 bridgehead atoms. The fraction of sp³-hybridized carbons (Fsp3) is 0.529. The molecule has 2 unspecified atom stereocenters. The van der Waals surface area contributed by atoms with Gasteiger partial charge in [-0.3, -0.25) is 15.1 Å². The van der Waals surface area contributed by atoms with Crippen LogP contribution in [0.5, 0.6) is 0 Å². The van der Waals surface area contributed by atoms with E-state index in [1.165, 1.54) is 12.0 Å². The topological polar surface area (TPSA) is 53.5 Å². The Balaban J connectivity index is 1.95. The summed E-state index contributed by atoms with van der Waals surface area (Å²) in [5.41, 5.74) is 0.721. The Morgan fingerprint density at radius 2 is 2.00 bits per heavy atom. The monoisotopic (exact) mass is 285 g/mol. The Labute approximate surface area is 126 Å². The summed E-state index contributed by atoms with van der Waals surface area (Å²) in [6.07, 6.45) is 4.17. The van der Waals surface area contributed by atoms with Gasteiger partial charge in [0.15, 0.2) is 5.96 Å². The third-order valence-corrected chi connectivity index (χ3v) is 4.48. The number of rotatable bonds is 2. The molecule has 2 aliphatic rings. The van der Waals surface area contributed by atoms with Crippen molar-refractivity contribution in [3.8, 4) is 0 Å². The maximum Gasteiger partial charge on any atom is 0.253 e. The minimum Gasteiger partial charge on any atom is -0.341 e. The molecule has 0 aromatic heterocycles. The second-order valence-electron chi connectivity index (χ2n) is 6.33. The molecule has 3 rings (SSSR count). The number of carbonyl (C=O) groups excluding carboxylic acids is 1. The van der Waals surface area contributed by atoms with Crippen molar-refractivity contribution in [2.45, 2.75) is 57.0 Å². The number of hydrogen-bond donors (Lipinski definition) is 2. The molecule has 1 saturated carbocycles. The van der Waals surface area contributed by atoms with Gasteiger partial charge in [0, 0.05) is 12.0 Å². The van der Waals surface area contributed by atoms with Crippen molar-refractivity contribution >= 4 is 11.9 Å². The van der Waals surface area contributed by atoms with E-state index in [0.717, 1.165) is 19.3 Å². The van der Waals surface area contributed by atoms with Gasteiger partial charge in [0.1, 0.15) is 5.54 Å². The molecule has 1 saturated heterocycles. The lowest BCUT2D eigenvalue weighted by Gasteiger charge is -2.39. The van der Waals surface area contributed by atoms with Gasteiger partial charge in [-0.1, -0.05) is 43.2 Å². The summed E-state index contributed by atoms with van der Waals surface area (Å²) < 4.78 is 0. The lowest BCUT2D eigenvalue weighted by Crippen LogP contribution is -2.53. The summed E-state index contributed by atoms with van der Waals surface area (Å²) in [4.78, 5) is 17.2. The van der Waals surface area contributed by atoms with Crippen molar-refractivity contribution in [2.24, 2.45) is 4.99 Å². The molecule has 1 aliphatic heterocycles.